The molecular weight excluding hydrogens is 228 g/mol. The van der Waals surface area contributed by atoms with Gasteiger partial charge in [-0.1, -0.05) is 19.8 Å². The number of aliphatic hydroxyl groups excluding tert-OH is 1. The molecule has 0 aliphatic heterocycles. The summed E-state index contributed by atoms with van der Waals surface area (Å²) < 4.78 is 4.96. The molecule has 0 aromatic carbocycles. The highest BCUT2D eigenvalue weighted by Gasteiger charge is 2.25. The Bertz CT molecular complexity index is 214. The maximum Gasteiger partial charge on any atom is 0.0791 e. The summed E-state index contributed by atoms with van der Waals surface area (Å²) in [7, 11) is 3.83. The topological polar surface area (TPSA) is 44.7 Å². The lowest BCUT2D eigenvalue weighted by atomic mass is 9.85. The zero-order chi connectivity index (χ0) is 13.4. The van der Waals surface area contributed by atoms with Crippen LogP contribution >= 0.6 is 0 Å². The Labute approximate surface area is 112 Å². The lowest BCUT2D eigenvalue weighted by molar-refractivity contribution is 0.0699. The number of hydrogen-bond acceptors (Lipinski definition) is 4. The summed E-state index contributed by atoms with van der Waals surface area (Å²) in [6.07, 6.45) is 5.02. The maximum atomic E-state index is 9.99. The van der Waals surface area contributed by atoms with E-state index in [0.717, 1.165) is 19.0 Å². The molecule has 1 aliphatic rings. The highest BCUT2D eigenvalue weighted by atomic mass is 16.5. The second-order valence-electron chi connectivity index (χ2n) is 5.62. The Balaban J connectivity index is 2.19. The van der Waals surface area contributed by atoms with E-state index < -0.39 is 0 Å². The van der Waals surface area contributed by atoms with Crippen LogP contribution in [0, 0.1) is 5.92 Å². The van der Waals surface area contributed by atoms with Gasteiger partial charge in [-0.2, -0.15) is 0 Å². The molecule has 0 aromatic rings. The monoisotopic (exact) mass is 258 g/mol. The van der Waals surface area contributed by atoms with Crippen molar-refractivity contribution in [3.8, 4) is 0 Å². The molecule has 3 atom stereocenters. The van der Waals surface area contributed by atoms with Gasteiger partial charge in [0.05, 0.1) is 12.7 Å². The van der Waals surface area contributed by atoms with Gasteiger partial charge in [-0.15, -0.1) is 0 Å². The van der Waals surface area contributed by atoms with E-state index in [0.29, 0.717) is 19.2 Å². The number of aliphatic hydroxyl groups is 1. The summed E-state index contributed by atoms with van der Waals surface area (Å²) in [5.41, 5.74) is 0. The first-order valence-electron chi connectivity index (χ1n) is 7.23. The van der Waals surface area contributed by atoms with Crippen LogP contribution in [0.5, 0.6) is 0 Å². The van der Waals surface area contributed by atoms with E-state index in [1.54, 1.807) is 7.11 Å². The van der Waals surface area contributed by atoms with Crippen LogP contribution in [0.25, 0.3) is 0 Å². The van der Waals surface area contributed by atoms with E-state index in [1.807, 2.05) is 0 Å². The standard InChI is InChI=1S/C14H30N2O2/c1-12-6-4-5-7-14(12)16(2)11-13(17)10-15-8-9-18-3/h12-15,17H,4-11H2,1-3H3. The third-order valence-corrected chi connectivity index (χ3v) is 3.99. The van der Waals surface area contributed by atoms with E-state index in [2.05, 4.69) is 24.2 Å². The quantitative estimate of drug-likeness (QED) is 0.640. The zero-order valence-electron chi connectivity index (χ0n) is 12.2. The third kappa shape index (κ3) is 5.65. The van der Waals surface area contributed by atoms with Crippen molar-refractivity contribution < 1.29 is 9.84 Å². The number of nitrogens with one attached hydrogen (secondary N) is 1. The van der Waals surface area contributed by atoms with Crippen molar-refractivity contribution in [2.45, 2.75) is 44.8 Å². The molecule has 4 nitrogen and oxygen atoms in total. The number of ether oxygens (including phenoxy) is 1. The highest BCUT2D eigenvalue weighted by Crippen LogP contribution is 2.27. The van der Waals surface area contributed by atoms with Crippen LogP contribution in [0.1, 0.15) is 32.6 Å². The van der Waals surface area contributed by atoms with Crippen molar-refractivity contribution in [1.82, 2.24) is 10.2 Å². The fraction of sp³-hybridized carbons (Fsp3) is 1.00. The van der Waals surface area contributed by atoms with Gasteiger partial charge >= 0.3 is 0 Å². The molecule has 4 heteroatoms. The fourth-order valence-electron chi connectivity index (χ4n) is 2.93. The van der Waals surface area contributed by atoms with E-state index in [9.17, 15) is 5.11 Å². The summed E-state index contributed by atoms with van der Waals surface area (Å²) >= 11 is 0. The summed E-state index contributed by atoms with van der Waals surface area (Å²) in [5.74, 6) is 0.761. The van der Waals surface area contributed by atoms with Crippen LogP contribution in [-0.2, 0) is 4.74 Å². The van der Waals surface area contributed by atoms with Crippen LogP contribution < -0.4 is 5.32 Å². The fourth-order valence-corrected chi connectivity index (χ4v) is 2.93. The van der Waals surface area contributed by atoms with E-state index in [1.165, 1.54) is 25.7 Å². The van der Waals surface area contributed by atoms with Gasteiger partial charge in [-0.3, -0.25) is 0 Å². The molecule has 0 heterocycles. The van der Waals surface area contributed by atoms with Crippen molar-refractivity contribution in [3.63, 3.8) is 0 Å². The largest absolute Gasteiger partial charge is 0.390 e. The SMILES string of the molecule is COCCNCC(O)CN(C)C1CCCCC1C. The van der Waals surface area contributed by atoms with Crippen molar-refractivity contribution in [3.05, 3.63) is 0 Å². The minimum atomic E-state index is -0.291. The lowest BCUT2D eigenvalue weighted by Gasteiger charge is -2.37. The summed E-state index contributed by atoms with van der Waals surface area (Å²) in [5, 5.41) is 13.2. The highest BCUT2D eigenvalue weighted by molar-refractivity contribution is 4.80. The molecule has 0 aromatic heterocycles. The maximum absolute atomic E-state index is 9.99. The minimum absolute atomic E-state index is 0.291. The first kappa shape index (κ1) is 15.9. The molecule has 1 aliphatic carbocycles. The molecule has 3 unspecified atom stereocenters. The second kappa shape index (κ2) is 8.86. The molecule has 18 heavy (non-hydrogen) atoms. The second-order valence-corrected chi connectivity index (χ2v) is 5.62. The predicted molar refractivity (Wildman–Crippen MR) is 74.8 cm³/mol. The lowest BCUT2D eigenvalue weighted by Crippen LogP contribution is -2.45. The predicted octanol–water partition coefficient (Wildman–Crippen LogP) is 1.09. The van der Waals surface area contributed by atoms with Crippen molar-refractivity contribution >= 4 is 0 Å². The third-order valence-electron chi connectivity index (χ3n) is 3.99. The Morgan fingerprint density at radius 1 is 1.39 bits per heavy atom. The molecule has 1 fully saturated rings. The summed E-state index contributed by atoms with van der Waals surface area (Å²) in [4.78, 5) is 2.34. The average molecular weight is 258 g/mol. The van der Waals surface area contributed by atoms with Crippen molar-refractivity contribution in [2.24, 2.45) is 5.92 Å². The van der Waals surface area contributed by atoms with Gasteiger partial charge in [0.25, 0.3) is 0 Å². The molecule has 108 valence electrons. The van der Waals surface area contributed by atoms with Crippen LogP contribution in [0.4, 0.5) is 0 Å². The van der Waals surface area contributed by atoms with Gasteiger partial charge in [-0.05, 0) is 25.8 Å². The molecule has 1 saturated carbocycles. The van der Waals surface area contributed by atoms with E-state index in [4.69, 9.17) is 4.74 Å². The Morgan fingerprint density at radius 2 is 2.11 bits per heavy atom. The molecule has 1 rings (SSSR count). The molecule has 0 bridgehead atoms. The van der Waals surface area contributed by atoms with Gasteiger partial charge in [-0.25, -0.2) is 0 Å². The number of likely N-dealkylation sites (N-methyl/N-ethyl adjacent to an activating group) is 1. The van der Waals surface area contributed by atoms with Crippen LogP contribution in [-0.4, -0.2) is 62.6 Å². The number of rotatable bonds is 8. The smallest absolute Gasteiger partial charge is 0.0791 e. The molecule has 0 radical (unpaired) electrons. The summed E-state index contributed by atoms with van der Waals surface area (Å²) in [6.45, 7) is 5.24. The van der Waals surface area contributed by atoms with Crippen LogP contribution in [0.2, 0.25) is 0 Å². The van der Waals surface area contributed by atoms with Gasteiger partial charge in [0.1, 0.15) is 0 Å². The first-order valence-corrected chi connectivity index (χ1v) is 7.23. The van der Waals surface area contributed by atoms with Crippen molar-refractivity contribution in [2.75, 3.05) is 40.4 Å². The molecule has 0 amide bonds. The molecular formula is C14H30N2O2. The Hall–Kier alpha value is -0.160. The Kier molecular flexibility index (Phi) is 7.82. The van der Waals surface area contributed by atoms with Gasteiger partial charge < -0.3 is 20.1 Å². The number of hydrogen-bond donors (Lipinski definition) is 2. The van der Waals surface area contributed by atoms with Crippen molar-refractivity contribution in [1.29, 1.82) is 0 Å². The average Bonchev–Trinajstić information content (AvgIpc) is 2.35. The van der Waals surface area contributed by atoms with Crippen LogP contribution in [0.3, 0.4) is 0 Å². The zero-order valence-corrected chi connectivity index (χ0v) is 12.2. The normalized spacial score (nSPS) is 26.5. The van der Waals surface area contributed by atoms with E-state index >= 15 is 0 Å². The minimum Gasteiger partial charge on any atom is -0.390 e. The van der Waals surface area contributed by atoms with Crippen LogP contribution in [0.15, 0.2) is 0 Å². The molecule has 0 saturated heterocycles. The number of nitrogens with zero attached hydrogens (tertiary/aromatic N) is 1. The molecule has 2 N–H and O–H groups in total. The Morgan fingerprint density at radius 3 is 2.78 bits per heavy atom. The summed E-state index contributed by atoms with van der Waals surface area (Å²) in [6, 6.07) is 0.646. The number of methoxy groups -OCH3 is 1. The molecule has 0 spiro atoms. The van der Waals surface area contributed by atoms with Gasteiger partial charge in [0.15, 0.2) is 0 Å². The first-order chi connectivity index (χ1) is 8.65. The van der Waals surface area contributed by atoms with Gasteiger partial charge in [0.2, 0.25) is 0 Å². The van der Waals surface area contributed by atoms with E-state index in [-0.39, 0.29) is 6.10 Å². The van der Waals surface area contributed by atoms with Gasteiger partial charge in [0, 0.05) is 32.8 Å².